The number of phenols is 1. The zero-order valence-corrected chi connectivity index (χ0v) is 10.5. The van der Waals surface area contributed by atoms with Gasteiger partial charge in [0.15, 0.2) is 0 Å². The van der Waals surface area contributed by atoms with E-state index in [-0.39, 0.29) is 5.75 Å². The van der Waals surface area contributed by atoms with Crippen molar-refractivity contribution in [1.29, 1.82) is 0 Å². The van der Waals surface area contributed by atoms with Crippen molar-refractivity contribution < 1.29 is 13.5 Å². The van der Waals surface area contributed by atoms with Crippen LogP contribution in [0.5, 0.6) is 5.75 Å². The number of hydrogen-bond acceptors (Lipinski definition) is 3. The lowest BCUT2D eigenvalue weighted by Gasteiger charge is -2.13. The quantitative estimate of drug-likeness (QED) is 0.852. The molecule has 0 saturated heterocycles. The number of aryl methyl sites for hydroxylation is 1. The minimum atomic E-state index is -3.35. The Morgan fingerprint density at radius 2 is 2.06 bits per heavy atom. The van der Waals surface area contributed by atoms with Crippen LogP contribution < -0.4 is 4.72 Å². The van der Waals surface area contributed by atoms with E-state index in [1.807, 2.05) is 6.92 Å². The maximum atomic E-state index is 11.7. The number of sulfonamides is 1. The summed E-state index contributed by atoms with van der Waals surface area (Å²) in [5.74, 6) is 0.0874. The topological polar surface area (TPSA) is 66.4 Å². The molecular formula is C11H17NO3S. The molecule has 0 spiro atoms. The lowest BCUT2D eigenvalue weighted by Crippen LogP contribution is -2.24. The van der Waals surface area contributed by atoms with Gasteiger partial charge in [0.25, 0.3) is 0 Å². The first-order valence-corrected chi connectivity index (χ1v) is 6.72. The zero-order chi connectivity index (χ0) is 12.3. The smallest absolute Gasteiger partial charge is 0.235 e. The maximum absolute atomic E-state index is 11.7. The van der Waals surface area contributed by atoms with Gasteiger partial charge < -0.3 is 5.11 Å². The fraction of sp³-hybridized carbons (Fsp3) is 0.455. The van der Waals surface area contributed by atoms with Gasteiger partial charge in [-0.1, -0.05) is 13.0 Å². The Morgan fingerprint density at radius 3 is 2.56 bits per heavy atom. The molecule has 0 aliphatic heterocycles. The first-order valence-electron chi connectivity index (χ1n) is 5.18. The van der Waals surface area contributed by atoms with Gasteiger partial charge in [-0.2, -0.15) is 0 Å². The summed E-state index contributed by atoms with van der Waals surface area (Å²) in [4.78, 5) is 0. The van der Waals surface area contributed by atoms with Crippen molar-refractivity contribution in [2.45, 2.75) is 32.4 Å². The molecule has 0 saturated carbocycles. The molecule has 0 radical (unpaired) electrons. The van der Waals surface area contributed by atoms with Crippen molar-refractivity contribution in [2.24, 2.45) is 0 Å². The molecule has 1 rings (SSSR count). The lowest BCUT2D eigenvalue weighted by molar-refractivity contribution is 0.471. The second kappa shape index (κ2) is 4.74. The molecule has 0 bridgehead atoms. The minimum Gasteiger partial charge on any atom is -0.508 e. The van der Waals surface area contributed by atoms with Crippen molar-refractivity contribution in [3.05, 3.63) is 23.8 Å². The third-order valence-electron chi connectivity index (χ3n) is 2.57. The average molecular weight is 243 g/mol. The molecular weight excluding hydrogens is 226 g/mol. The minimum absolute atomic E-state index is 0.0874. The number of rotatable bonds is 4. The van der Waals surface area contributed by atoms with E-state index >= 15 is 0 Å². The Morgan fingerprint density at radius 1 is 1.44 bits per heavy atom. The van der Waals surface area contributed by atoms with Crippen LogP contribution in [0.3, 0.4) is 0 Å². The molecule has 16 heavy (non-hydrogen) atoms. The number of benzene rings is 1. The van der Waals surface area contributed by atoms with Gasteiger partial charge in [0.1, 0.15) is 5.75 Å². The molecule has 0 aromatic heterocycles. The fourth-order valence-corrected chi connectivity index (χ4v) is 2.25. The Kier molecular flexibility index (Phi) is 3.80. The predicted octanol–water partition coefficient (Wildman–Crippen LogP) is 2.24. The van der Waals surface area contributed by atoms with Gasteiger partial charge in [-0.15, -0.1) is 0 Å². The van der Waals surface area contributed by atoms with E-state index in [0.717, 1.165) is 0 Å². The van der Waals surface area contributed by atoms with Crippen molar-refractivity contribution in [3.8, 4) is 5.75 Å². The van der Waals surface area contributed by atoms with Crippen LogP contribution in [-0.2, 0) is 10.0 Å². The second-order valence-corrected chi connectivity index (χ2v) is 5.97. The number of nitrogens with one attached hydrogen (secondary N) is 1. The van der Waals surface area contributed by atoms with Crippen LogP contribution in [0.1, 0.15) is 25.8 Å². The van der Waals surface area contributed by atoms with Crippen LogP contribution in [0.2, 0.25) is 0 Å². The number of hydrogen-bond donors (Lipinski definition) is 2. The number of aromatic hydroxyl groups is 1. The summed E-state index contributed by atoms with van der Waals surface area (Å²) in [7, 11) is -3.35. The number of phenolic OH excluding ortho intramolecular Hbond substituents is 1. The van der Waals surface area contributed by atoms with Gasteiger partial charge >= 0.3 is 0 Å². The van der Waals surface area contributed by atoms with E-state index in [1.54, 1.807) is 26.0 Å². The molecule has 90 valence electrons. The highest BCUT2D eigenvalue weighted by Gasteiger charge is 2.18. The van der Waals surface area contributed by atoms with Crippen LogP contribution >= 0.6 is 0 Å². The van der Waals surface area contributed by atoms with E-state index < -0.39 is 15.3 Å². The Labute approximate surface area is 96.4 Å². The van der Waals surface area contributed by atoms with Gasteiger partial charge in [0, 0.05) is 6.07 Å². The van der Waals surface area contributed by atoms with Crippen LogP contribution in [0.25, 0.3) is 0 Å². The third-order valence-corrected chi connectivity index (χ3v) is 4.49. The van der Waals surface area contributed by atoms with E-state index in [9.17, 15) is 13.5 Å². The first kappa shape index (κ1) is 12.8. The van der Waals surface area contributed by atoms with Crippen molar-refractivity contribution in [3.63, 3.8) is 0 Å². The Balaban J connectivity index is 2.93. The first-order chi connectivity index (χ1) is 7.36. The molecule has 0 amide bonds. The SMILES string of the molecule is CC[C@H](C)S(=O)(=O)Nc1ccc(C)c(O)c1. The lowest BCUT2D eigenvalue weighted by atomic mass is 10.2. The number of anilines is 1. The molecule has 1 atom stereocenters. The van der Waals surface area contributed by atoms with Crippen LogP contribution in [-0.4, -0.2) is 18.8 Å². The highest BCUT2D eigenvalue weighted by molar-refractivity contribution is 7.93. The normalized spacial score (nSPS) is 13.4. The molecule has 0 fully saturated rings. The van der Waals surface area contributed by atoms with Gasteiger partial charge in [0.2, 0.25) is 10.0 Å². The molecule has 4 nitrogen and oxygen atoms in total. The Hall–Kier alpha value is -1.23. The molecule has 5 heteroatoms. The summed E-state index contributed by atoms with van der Waals surface area (Å²) in [6, 6.07) is 4.72. The van der Waals surface area contributed by atoms with Crippen LogP contribution in [0, 0.1) is 6.92 Å². The van der Waals surface area contributed by atoms with E-state index in [4.69, 9.17) is 0 Å². The summed E-state index contributed by atoms with van der Waals surface area (Å²) in [6.45, 7) is 5.22. The van der Waals surface area contributed by atoms with E-state index in [0.29, 0.717) is 17.7 Å². The van der Waals surface area contributed by atoms with Crippen LogP contribution in [0.15, 0.2) is 18.2 Å². The zero-order valence-electron chi connectivity index (χ0n) is 9.69. The summed E-state index contributed by atoms with van der Waals surface area (Å²) in [5.41, 5.74) is 1.11. The van der Waals surface area contributed by atoms with Crippen molar-refractivity contribution in [1.82, 2.24) is 0 Å². The average Bonchev–Trinajstić information content (AvgIpc) is 2.22. The molecule has 2 N–H and O–H groups in total. The van der Waals surface area contributed by atoms with Crippen molar-refractivity contribution >= 4 is 15.7 Å². The van der Waals surface area contributed by atoms with Gasteiger partial charge in [-0.3, -0.25) is 4.72 Å². The van der Waals surface area contributed by atoms with Crippen molar-refractivity contribution in [2.75, 3.05) is 4.72 Å². The van der Waals surface area contributed by atoms with E-state index in [2.05, 4.69) is 4.72 Å². The predicted molar refractivity (Wildman–Crippen MR) is 65.1 cm³/mol. The summed E-state index contributed by atoms with van der Waals surface area (Å²) in [5, 5.41) is 9.01. The standard InChI is InChI=1S/C11H17NO3S/c1-4-9(3)16(14,15)12-10-6-5-8(2)11(13)7-10/h5-7,9,12-13H,4H2,1-3H3/t9-/m0/s1. The summed E-state index contributed by atoms with van der Waals surface area (Å²) < 4.78 is 25.9. The van der Waals surface area contributed by atoms with Gasteiger partial charge in [-0.05, 0) is 31.9 Å². The molecule has 0 unspecified atom stereocenters. The third kappa shape index (κ3) is 2.88. The van der Waals surface area contributed by atoms with Gasteiger partial charge in [0.05, 0.1) is 10.9 Å². The summed E-state index contributed by atoms with van der Waals surface area (Å²) >= 11 is 0. The monoisotopic (exact) mass is 243 g/mol. The largest absolute Gasteiger partial charge is 0.508 e. The molecule has 0 aliphatic carbocycles. The molecule has 0 aliphatic rings. The Bertz CT molecular complexity index is 468. The molecule has 0 heterocycles. The maximum Gasteiger partial charge on any atom is 0.235 e. The van der Waals surface area contributed by atoms with E-state index in [1.165, 1.54) is 6.07 Å². The summed E-state index contributed by atoms with van der Waals surface area (Å²) in [6.07, 6.45) is 0.549. The highest BCUT2D eigenvalue weighted by Crippen LogP contribution is 2.22. The molecule has 1 aromatic carbocycles. The fourth-order valence-electron chi connectivity index (χ4n) is 1.16. The second-order valence-electron chi connectivity index (χ2n) is 3.87. The van der Waals surface area contributed by atoms with Gasteiger partial charge in [-0.25, -0.2) is 8.42 Å². The highest BCUT2D eigenvalue weighted by atomic mass is 32.2. The van der Waals surface area contributed by atoms with Crippen LogP contribution in [0.4, 0.5) is 5.69 Å². The molecule has 1 aromatic rings.